The van der Waals surface area contributed by atoms with E-state index in [0.29, 0.717) is 11.7 Å². The van der Waals surface area contributed by atoms with Gasteiger partial charge in [-0.1, -0.05) is 0 Å². The van der Waals surface area contributed by atoms with Crippen LogP contribution in [0.2, 0.25) is 0 Å². The summed E-state index contributed by atoms with van der Waals surface area (Å²) < 4.78 is 0. The van der Waals surface area contributed by atoms with Crippen molar-refractivity contribution < 1.29 is 24.6 Å². The summed E-state index contributed by atoms with van der Waals surface area (Å²) in [6.45, 7) is 12.4. The van der Waals surface area contributed by atoms with E-state index in [0.717, 1.165) is 41.2 Å². The van der Waals surface area contributed by atoms with Crippen LogP contribution in [0.25, 0.3) is 0 Å². The van der Waals surface area contributed by atoms with E-state index in [-0.39, 0.29) is 5.91 Å². The number of aryl methyl sites for hydroxylation is 3. The molecule has 2 rings (SSSR count). The Morgan fingerprint density at radius 1 is 0.946 bits per heavy atom. The number of aromatic nitrogens is 1. The molecule has 0 fully saturated rings. The lowest BCUT2D eigenvalue weighted by Crippen LogP contribution is -2.68. The maximum atomic E-state index is 12.2. The Bertz CT molecular complexity index is 1040. The highest BCUT2D eigenvalue weighted by atomic mass is 32.1. The number of hydrogen-bond acceptors (Lipinski definition) is 7. The molecular formula is C25H39N5O5S2. The highest BCUT2D eigenvalue weighted by Crippen LogP contribution is 2.25. The van der Waals surface area contributed by atoms with Crippen molar-refractivity contribution in [1.29, 1.82) is 0 Å². The van der Waals surface area contributed by atoms with Crippen LogP contribution < -0.4 is 10.6 Å². The number of nitrogens with zero attached hydrogens (tertiary/aromatic N) is 3. The van der Waals surface area contributed by atoms with Crippen LogP contribution in [0, 0.1) is 0 Å². The third kappa shape index (κ3) is 9.28. The molecule has 0 saturated carbocycles. The fourth-order valence-electron chi connectivity index (χ4n) is 3.88. The smallest absolute Gasteiger partial charge is 0.410 e. The second kappa shape index (κ2) is 12.7. The van der Waals surface area contributed by atoms with Crippen molar-refractivity contribution in [3.8, 4) is 0 Å². The van der Waals surface area contributed by atoms with Crippen LogP contribution >= 0.6 is 22.7 Å². The summed E-state index contributed by atoms with van der Waals surface area (Å²) in [4.78, 5) is 44.7. The first-order valence-corrected chi connectivity index (χ1v) is 13.9. The Hall–Kier alpha value is -2.70. The summed E-state index contributed by atoms with van der Waals surface area (Å²) >= 11 is 3.15. The van der Waals surface area contributed by atoms with Crippen molar-refractivity contribution in [1.82, 2.24) is 20.1 Å². The molecule has 4 N–H and O–H groups in total. The van der Waals surface area contributed by atoms with Gasteiger partial charge in [-0.15, -0.1) is 22.7 Å². The second-order valence-electron chi connectivity index (χ2n) is 10.8. The van der Waals surface area contributed by atoms with Crippen LogP contribution in [0.1, 0.15) is 70.3 Å². The van der Waals surface area contributed by atoms with Gasteiger partial charge in [0, 0.05) is 33.1 Å². The summed E-state index contributed by atoms with van der Waals surface area (Å²) in [6.07, 6.45) is -0.257. The Labute approximate surface area is 226 Å². The standard InChI is InChI=1S/C25H39N5O5S2/c1-16(31)27-20-28-17(15-36-20)10-11-19-13-12-18(37-19)9-8-14-26-21(29(22(32)33)24(2,3)4)30(23(34)35)25(5,6)7/h12-13,15,21,26H,8-11,14H2,1-7H3,(H,32,33)(H,34,35)(H,27,28,31). The van der Waals surface area contributed by atoms with Crippen molar-refractivity contribution in [2.24, 2.45) is 0 Å². The van der Waals surface area contributed by atoms with Crippen molar-refractivity contribution in [2.45, 2.75) is 91.5 Å². The molecule has 0 bridgehead atoms. The number of rotatable bonds is 11. The molecule has 0 unspecified atom stereocenters. The van der Waals surface area contributed by atoms with E-state index >= 15 is 0 Å². The van der Waals surface area contributed by atoms with E-state index in [1.165, 1.54) is 28.0 Å². The van der Waals surface area contributed by atoms with Gasteiger partial charge in [0.2, 0.25) is 5.91 Å². The van der Waals surface area contributed by atoms with Gasteiger partial charge in [0.05, 0.1) is 5.69 Å². The highest BCUT2D eigenvalue weighted by Gasteiger charge is 2.42. The predicted octanol–water partition coefficient (Wildman–Crippen LogP) is 5.31. The van der Waals surface area contributed by atoms with E-state index < -0.39 is 29.6 Å². The maximum absolute atomic E-state index is 12.2. The van der Waals surface area contributed by atoms with Crippen molar-refractivity contribution in [3.05, 3.63) is 33.0 Å². The topological polar surface area (TPSA) is 135 Å². The van der Waals surface area contributed by atoms with Gasteiger partial charge in [0.1, 0.15) is 0 Å². The Balaban J connectivity index is 1.98. The molecule has 2 aromatic heterocycles. The summed E-state index contributed by atoms with van der Waals surface area (Å²) in [7, 11) is 0. The molecule has 206 valence electrons. The first-order valence-electron chi connectivity index (χ1n) is 12.2. The van der Waals surface area contributed by atoms with Crippen LogP contribution in [-0.4, -0.2) is 67.0 Å². The number of carboxylic acid groups (broad SMARTS) is 2. The molecule has 0 atom stereocenters. The number of nitrogens with one attached hydrogen (secondary N) is 2. The predicted molar refractivity (Wildman–Crippen MR) is 147 cm³/mol. The average Bonchev–Trinajstić information content (AvgIpc) is 3.35. The maximum Gasteiger partial charge on any atom is 0.410 e. The number of hydrogen-bond donors (Lipinski definition) is 4. The van der Waals surface area contributed by atoms with E-state index in [9.17, 15) is 24.6 Å². The van der Waals surface area contributed by atoms with E-state index in [4.69, 9.17) is 0 Å². The summed E-state index contributed by atoms with van der Waals surface area (Å²) in [5.74, 6) is -0.132. The van der Waals surface area contributed by atoms with Gasteiger partial charge in [0.15, 0.2) is 11.4 Å². The molecule has 12 heteroatoms. The lowest BCUT2D eigenvalue weighted by molar-refractivity contribution is -0.114. The molecule has 0 aliphatic carbocycles. The van der Waals surface area contributed by atoms with Crippen molar-refractivity contribution in [3.63, 3.8) is 0 Å². The zero-order valence-corrected chi connectivity index (χ0v) is 24.3. The average molecular weight is 554 g/mol. The molecule has 37 heavy (non-hydrogen) atoms. The first kappa shape index (κ1) is 30.5. The van der Waals surface area contributed by atoms with Gasteiger partial charge in [-0.05, 0) is 85.9 Å². The lowest BCUT2D eigenvalue weighted by atomic mass is 10.0. The second-order valence-corrected chi connectivity index (χ2v) is 12.9. The quantitative estimate of drug-likeness (QED) is 0.219. The molecule has 0 aliphatic rings. The monoisotopic (exact) mass is 553 g/mol. The molecule has 2 aromatic rings. The Morgan fingerprint density at radius 2 is 1.49 bits per heavy atom. The molecule has 0 aliphatic heterocycles. The van der Waals surface area contributed by atoms with Gasteiger partial charge in [-0.3, -0.25) is 19.9 Å². The van der Waals surface area contributed by atoms with E-state index in [1.54, 1.807) is 52.9 Å². The minimum absolute atomic E-state index is 0.132. The fourth-order valence-corrected chi connectivity index (χ4v) is 5.73. The van der Waals surface area contributed by atoms with Gasteiger partial charge in [-0.25, -0.2) is 14.6 Å². The number of anilines is 1. The molecule has 0 saturated heterocycles. The molecule has 10 nitrogen and oxygen atoms in total. The van der Waals surface area contributed by atoms with Crippen molar-refractivity contribution in [2.75, 3.05) is 11.9 Å². The minimum atomic E-state index is -1.19. The van der Waals surface area contributed by atoms with Crippen LogP contribution in [0.15, 0.2) is 17.5 Å². The summed E-state index contributed by atoms with van der Waals surface area (Å²) in [6, 6.07) is 4.20. The zero-order chi connectivity index (χ0) is 28.0. The van der Waals surface area contributed by atoms with Gasteiger partial charge in [-0.2, -0.15) is 0 Å². The molecule has 3 amide bonds. The molecule has 0 aromatic carbocycles. The van der Waals surface area contributed by atoms with Gasteiger partial charge >= 0.3 is 12.2 Å². The minimum Gasteiger partial charge on any atom is -0.465 e. The lowest BCUT2D eigenvalue weighted by Gasteiger charge is -2.48. The Morgan fingerprint density at radius 3 is 1.97 bits per heavy atom. The normalized spacial score (nSPS) is 12.0. The van der Waals surface area contributed by atoms with Crippen molar-refractivity contribution >= 4 is 45.9 Å². The van der Waals surface area contributed by atoms with E-state index in [1.807, 2.05) is 5.38 Å². The van der Waals surface area contributed by atoms with Crippen LogP contribution in [0.5, 0.6) is 0 Å². The number of carbonyl (C=O) groups excluding carboxylic acids is 1. The third-order valence-corrected chi connectivity index (χ3v) is 7.46. The molecule has 0 spiro atoms. The first-order chi connectivity index (χ1) is 17.1. The highest BCUT2D eigenvalue weighted by molar-refractivity contribution is 7.14. The summed E-state index contributed by atoms with van der Waals surface area (Å²) in [5.41, 5.74) is -0.681. The number of thiophene rings is 1. The van der Waals surface area contributed by atoms with Gasteiger partial charge < -0.3 is 15.5 Å². The van der Waals surface area contributed by atoms with E-state index in [2.05, 4.69) is 27.8 Å². The van der Waals surface area contributed by atoms with Crippen LogP contribution in [0.4, 0.5) is 14.7 Å². The molecule has 0 radical (unpaired) electrons. The fraction of sp³-hybridized carbons (Fsp3) is 0.600. The van der Waals surface area contributed by atoms with Gasteiger partial charge in [0.25, 0.3) is 0 Å². The largest absolute Gasteiger partial charge is 0.465 e. The molecule has 2 heterocycles. The number of amides is 3. The van der Waals surface area contributed by atoms with Crippen LogP contribution in [0.3, 0.4) is 0 Å². The van der Waals surface area contributed by atoms with Crippen LogP contribution in [-0.2, 0) is 24.1 Å². The zero-order valence-electron chi connectivity index (χ0n) is 22.6. The summed E-state index contributed by atoms with van der Waals surface area (Å²) in [5, 5.41) is 28.3. The third-order valence-electron chi connectivity index (χ3n) is 5.45. The molecular weight excluding hydrogens is 514 g/mol. The number of thiazole rings is 1. The Kier molecular flexibility index (Phi) is 10.5. The number of carbonyl (C=O) groups is 3. The SMILES string of the molecule is CC(=O)Nc1nc(CCc2ccc(CCCNC(N(C(=O)O)C(C)(C)C)N(C(=O)O)C(C)(C)C)s2)cs1.